The molecule has 0 aromatic heterocycles. The second-order valence-electron chi connectivity index (χ2n) is 6.47. The number of nitrogens with one attached hydrogen (secondary N) is 3. The van der Waals surface area contributed by atoms with Gasteiger partial charge in [-0.15, -0.1) is 0 Å². The van der Waals surface area contributed by atoms with Crippen LogP contribution in [-0.2, 0) is 11.2 Å². The summed E-state index contributed by atoms with van der Waals surface area (Å²) < 4.78 is -0.936. The summed E-state index contributed by atoms with van der Waals surface area (Å²) in [6.45, 7) is 0. The molecule has 0 radical (unpaired) electrons. The van der Waals surface area contributed by atoms with Gasteiger partial charge in [-0.3, -0.25) is 4.79 Å². The molecule has 1 atom stereocenters. The Morgan fingerprint density at radius 1 is 1.00 bits per heavy atom. The lowest BCUT2D eigenvalue weighted by molar-refractivity contribution is -0.121. The molecule has 4 nitrogen and oxygen atoms in total. The van der Waals surface area contributed by atoms with Crippen LogP contribution in [0.15, 0.2) is 71.2 Å². The summed E-state index contributed by atoms with van der Waals surface area (Å²) in [5.41, 5.74) is 1.62. The van der Waals surface area contributed by atoms with Crippen molar-refractivity contribution < 1.29 is 4.79 Å². The third-order valence-corrected chi connectivity index (χ3v) is 5.59. The molecule has 156 valence electrons. The Bertz CT molecular complexity index is 1070. The first-order valence-corrected chi connectivity index (χ1v) is 11.2. The van der Waals surface area contributed by atoms with Crippen LogP contribution in [0.25, 0.3) is 10.8 Å². The van der Waals surface area contributed by atoms with Crippen molar-refractivity contribution in [2.45, 2.75) is 16.4 Å². The van der Waals surface area contributed by atoms with Gasteiger partial charge in [-0.2, -0.15) is 0 Å². The first-order chi connectivity index (χ1) is 14.2. The van der Waals surface area contributed by atoms with Crippen LogP contribution in [0.4, 0.5) is 5.69 Å². The molecule has 1 unspecified atom stereocenters. The Morgan fingerprint density at radius 3 is 2.43 bits per heavy atom. The Hall–Kier alpha value is -1.57. The summed E-state index contributed by atoms with van der Waals surface area (Å²) in [7, 11) is 0. The van der Waals surface area contributed by atoms with Crippen LogP contribution >= 0.6 is 63.0 Å². The number of benzene rings is 3. The van der Waals surface area contributed by atoms with Gasteiger partial charge in [0, 0.05) is 10.2 Å². The van der Waals surface area contributed by atoms with Crippen molar-refractivity contribution in [1.29, 1.82) is 0 Å². The number of fused-ring (bicyclic) bond motifs is 1. The molecule has 1 amide bonds. The van der Waals surface area contributed by atoms with E-state index >= 15 is 0 Å². The summed E-state index contributed by atoms with van der Waals surface area (Å²) in [6.07, 6.45) is -0.899. The highest BCUT2D eigenvalue weighted by Crippen LogP contribution is 2.29. The summed E-state index contributed by atoms with van der Waals surface area (Å²) in [5.74, 6) is -0.305. The van der Waals surface area contributed by atoms with E-state index in [1.807, 2.05) is 66.7 Å². The number of anilines is 1. The minimum atomic E-state index is -1.82. The molecular weight excluding hydrogens is 529 g/mol. The first kappa shape index (κ1) is 23.1. The van der Waals surface area contributed by atoms with Crippen LogP contribution < -0.4 is 16.0 Å². The summed E-state index contributed by atoms with van der Waals surface area (Å²) in [4.78, 5) is 12.7. The molecular formula is C21H17BrCl3N3OS. The number of amides is 1. The highest BCUT2D eigenvalue weighted by molar-refractivity contribution is 9.10. The normalized spacial score (nSPS) is 12.3. The Kier molecular flexibility index (Phi) is 7.82. The van der Waals surface area contributed by atoms with Crippen molar-refractivity contribution in [3.8, 4) is 0 Å². The second kappa shape index (κ2) is 10.2. The van der Waals surface area contributed by atoms with Crippen LogP contribution in [0.2, 0.25) is 0 Å². The van der Waals surface area contributed by atoms with E-state index in [-0.39, 0.29) is 17.4 Å². The summed E-state index contributed by atoms with van der Waals surface area (Å²) in [6, 6.07) is 21.1. The van der Waals surface area contributed by atoms with Gasteiger partial charge >= 0.3 is 0 Å². The van der Waals surface area contributed by atoms with Crippen LogP contribution in [0.5, 0.6) is 0 Å². The molecule has 3 rings (SSSR count). The van der Waals surface area contributed by atoms with Crippen LogP contribution in [0.1, 0.15) is 5.56 Å². The van der Waals surface area contributed by atoms with Crippen LogP contribution in [0, 0.1) is 0 Å². The molecule has 0 saturated carbocycles. The fourth-order valence-corrected chi connectivity index (χ4v) is 3.86. The van der Waals surface area contributed by atoms with Gasteiger partial charge in [0.05, 0.1) is 6.42 Å². The van der Waals surface area contributed by atoms with Gasteiger partial charge in [0.1, 0.15) is 6.17 Å². The van der Waals surface area contributed by atoms with Crippen molar-refractivity contribution in [2.75, 3.05) is 5.32 Å². The first-order valence-electron chi connectivity index (χ1n) is 8.88. The van der Waals surface area contributed by atoms with E-state index in [1.165, 1.54) is 0 Å². The van der Waals surface area contributed by atoms with Gasteiger partial charge in [-0.05, 0) is 46.8 Å². The van der Waals surface area contributed by atoms with Crippen molar-refractivity contribution in [3.63, 3.8) is 0 Å². The molecule has 3 aromatic carbocycles. The SMILES string of the molecule is O=C(Cc1cccc2ccccc12)NC(NC(=S)Nc1cccc(Br)c1)C(Cl)(Cl)Cl. The average Bonchev–Trinajstić information content (AvgIpc) is 2.67. The van der Waals surface area contributed by atoms with Gasteiger partial charge < -0.3 is 16.0 Å². The zero-order valence-corrected chi connectivity index (χ0v) is 20.1. The van der Waals surface area contributed by atoms with Gasteiger partial charge in [0.2, 0.25) is 9.70 Å². The molecule has 9 heteroatoms. The second-order valence-corrected chi connectivity index (χ2v) is 10.2. The fraction of sp³-hybridized carbons (Fsp3) is 0.143. The standard InChI is InChI=1S/C21H17BrCl3N3OS/c22-15-8-4-9-16(12-15)26-20(30)28-19(21(23,24)25)27-18(29)11-14-7-3-6-13-5-1-2-10-17(13)14/h1-10,12,19H,11H2,(H,27,29)(H2,26,28,30). The monoisotopic (exact) mass is 543 g/mol. The molecule has 0 aliphatic heterocycles. The molecule has 0 heterocycles. The lowest BCUT2D eigenvalue weighted by Gasteiger charge is -2.28. The van der Waals surface area contributed by atoms with Crippen molar-refractivity contribution in [2.24, 2.45) is 0 Å². The highest BCUT2D eigenvalue weighted by Gasteiger charge is 2.34. The molecule has 30 heavy (non-hydrogen) atoms. The minimum absolute atomic E-state index is 0.131. The zero-order chi connectivity index (χ0) is 21.7. The third kappa shape index (κ3) is 6.46. The lowest BCUT2D eigenvalue weighted by atomic mass is 10.0. The van der Waals surface area contributed by atoms with E-state index in [4.69, 9.17) is 47.0 Å². The van der Waals surface area contributed by atoms with E-state index < -0.39 is 9.96 Å². The number of hydrogen-bond acceptors (Lipinski definition) is 2. The number of halogens is 4. The number of thiocarbonyl (C=S) groups is 1. The zero-order valence-electron chi connectivity index (χ0n) is 15.5. The largest absolute Gasteiger partial charge is 0.339 e. The number of rotatable bonds is 5. The highest BCUT2D eigenvalue weighted by atomic mass is 79.9. The minimum Gasteiger partial charge on any atom is -0.339 e. The molecule has 0 saturated heterocycles. The predicted octanol–water partition coefficient (Wildman–Crippen LogP) is 5.94. The lowest BCUT2D eigenvalue weighted by Crippen LogP contribution is -2.56. The van der Waals surface area contributed by atoms with E-state index in [0.29, 0.717) is 0 Å². The van der Waals surface area contributed by atoms with Gasteiger partial charge in [-0.25, -0.2) is 0 Å². The van der Waals surface area contributed by atoms with Crippen LogP contribution in [-0.4, -0.2) is 21.0 Å². The topological polar surface area (TPSA) is 53.2 Å². The third-order valence-electron chi connectivity index (χ3n) is 4.22. The van der Waals surface area contributed by atoms with E-state index in [2.05, 4.69) is 31.9 Å². The fourth-order valence-electron chi connectivity index (χ4n) is 2.90. The maximum absolute atomic E-state index is 12.7. The summed E-state index contributed by atoms with van der Waals surface area (Å²) in [5, 5.41) is 10.8. The Morgan fingerprint density at radius 2 is 1.70 bits per heavy atom. The Balaban J connectivity index is 1.68. The van der Waals surface area contributed by atoms with E-state index in [1.54, 1.807) is 0 Å². The molecule has 0 bridgehead atoms. The van der Waals surface area contributed by atoms with Gasteiger partial charge in [0.25, 0.3) is 0 Å². The smallest absolute Gasteiger partial charge is 0.228 e. The average molecular weight is 546 g/mol. The molecule has 0 fully saturated rings. The molecule has 0 spiro atoms. The molecule has 0 aliphatic carbocycles. The molecule has 3 aromatic rings. The Labute approximate surface area is 203 Å². The number of carbonyl (C=O) groups excluding carboxylic acids is 1. The number of carbonyl (C=O) groups is 1. The maximum Gasteiger partial charge on any atom is 0.228 e. The quantitative estimate of drug-likeness (QED) is 0.211. The van der Waals surface area contributed by atoms with E-state index in [9.17, 15) is 4.79 Å². The van der Waals surface area contributed by atoms with Crippen molar-refractivity contribution in [3.05, 3.63) is 76.8 Å². The molecule has 3 N–H and O–H groups in total. The number of hydrogen-bond donors (Lipinski definition) is 3. The summed E-state index contributed by atoms with van der Waals surface area (Å²) >= 11 is 26.9. The van der Waals surface area contributed by atoms with Crippen molar-refractivity contribution in [1.82, 2.24) is 10.6 Å². The van der Waals surface area contributed by atoms with Crippen LogP contribution in [0.3, 0.4) is 0 Å². The maximum atomic E-state index is 12.7. The van der Waals surface area contributed by atoms with Gasteiger partial charge in [-0.1, -0.05) is 99.3 Å². The molecule has 0 aliphatic rings. The van der Waals surface area contributed by atoms with Gasteiger partial charge in [0.15, 0.2) is 5.11 Å². The van der Waals surface area contributed by atoms with Crippen molar-refractivity contribution >= 4 is 90.4 Å². The van der Waals surface area contributed by atoms with E-state index in [0.717, 1.165) is 26.5 Å². The number of alkyl halides is 3. The predicted molar refractivity (Wildman–Crippen MR) is 133 cm³/mol.